The second kappa shape index (κ2) is 9.90. The van der Waals surface area contributed by atoms with Crippen LogP contribution in [-0.2, 0) is 4.79 Å². The summed E-state index contributed by atoms with van der Waals surface area (Å²) in [6.07, 6.45) is 1.96. The molecule has 2 amide bonds. The van der Waals surface area contributed by atoms with E-state index in [1.165, 1.54) is 0 Å². The lowest BCUT2D eigenvalue weighted by Crippen LogP contribution is -2.47. The maximum atomic E-state index is 13.9. The second-order valence-corrected chi connectivity index (χ2v) is 8.42. The molecule has 5 nitrogen and oxygen atoms in total. The molecule has 5 heteroatoms. The van der Waals surface area contributed by atoms with Crippen molar-refractivity contribution < 1.29 is 14.3 Å². The van der Waals surface area contributed by atoms with Crippen LogP contribution >= 0.6 is 0 Å². The van der Waals surface area contributed by atoms with Crippen LogP contribution < -0.4 is 14.5 Å². The van der Waals surface area contributed by atoms with Crippen LogP contribution in [0, 0.1) is 0 Å². The van der Waals surface area contributed by atoms with Crippen molar-refractivity contribution in [3.05, 3.63) is 90.0 Å². The minimum atomic E-state index is -0.206. The summed E-state index contributed by atoms with van der Waals surface area (Å²) >= 11 is 0. The van der Waals surface area contributed by atoms with E-state index in [1.807, 2.05) is 89.5 Å². The van der Waals surface area contributed by atoms with Gasteiger partial charge in [0.2, 0.25) is 5.91 Å². The third-order valence-electron chi connectivity index (χ3n) is 6.17. The molecule has 0 radical (unpaired) electrons. The van der Waals surface area contributed by atoms with E-state index in [1.54, 1.807) is 13.2 Å². The number of nitrogens with zero attached hydrogens (tertiary/aromatic N) is 2. The van der Waals surface area contributed by atoms with Gasteiger partial charge in [0.1, 0.15) is 5.75 Å². The van der Waals surface area contributed by atoms with Gasteiger partial charge >= 0.3 is 0 Å². The molecule has 0 aliphatic carbocycles. The Kier molecular flexibility index (Phi) is 6.78. The first-order chi connectivity index (χ1) is 16.0. The molecule has 3 aromatic carbocycles. The summed E-state index contributed by atoms with van der Waals surface area (Å²) in [5.41, 5.74) is 3.26. The van der Waals surface area contributed by atoms with Gasteiger partial charge in [0.15, 0.2) is 0 Å². The first kappa shape index (κ1) is 22.6. The topological polar surface area (TPSA) is 49.9 Å². The van der Waals surface area contributed by atoms with Crippen molar-refractivity contribution in [1.82, 2.24) is 0 Å². The molecule has 2 atom stereocenters. The summed E-state index contributed by atoms with van der Waals surface area (Å²) < 4.78 is 5.36. The number of ether oxygens (including phenoxy) is 1. The molecular formula is C28H30N2O3. The van der Waals surface area contributed by atoms with E-state index >= 15 is 0 Å². The van der Waals surface area contributed by atoms with Crippen LogP contribution in [0.2, 0.25) is 0 Å². The Labute approximate surface area is 195 Å². The van der Waals surface area contributed by atoms with Gasteiger partial charge in [-0.3, -0.25) is 9.59 Å². The Balaban J connectivity index is 1.82. The van der Waals surface area contributed by atoms with Crippen molar-refractivity contribution in [3.8, 4) is 5.75 Å². The average molecular weight is 443 g/mol. The van der Waals surface area contributed by atoms with Crippen LogP contribution in [0.5, 0.6) is 5.75 Å². The first-order valence-electron chi connectivity index (χ1n) is 11.5. The largest absolute Gasteiger partial charge is 0.497 e. The number of carbonyl (C=O) groups is 2. The predicted molar refractivity (Wildman–Crippen MR) is 132 cm³/mol. The fourth-order valence-corrected chi connectivity index (χ4v) is 4.66. The number of fused-ring (bicyclic) bond motifs is 1. The van der Waals surface area contributed by atoms with Crippen molar-refractivity contribution in [1.29, 1.82) is 0 Å². The fraction of sp³-hybridized carbons (Fsp3) is 0.286. The SMILES string of the molecule is CCCC(=O)N1c2ccccc2[C@H](N(C(=O)c2cccc(OC)c2)c2ccccc2)C[C@@H]1C. The Morgan fingerprint density at radius 2 is 1.73 bits per heavy atom. The normalized spacial score (nSPS) is 17.2. The summed E-state index contributed by atoms with van der Waals surface area (Å²) in [6.45, 7) is 4.08. The monoisotopic (exact) mass is 442 g/mol. The number of para-hydroxylation sites is 2. The number of anilines is 2. The van der Waals surface area contributed by atoms with Gasteiger partial charge < -0.3 is 14.5 Å². The molecule has 0 unspecified atom stereocenters. The molecule has 0 saturated heterocycles. The van der Waals surface area contributed by atoms with Gasteiger partial charge in [-0.1, -0.05) is 49.4 Å². The Morgan fingerprint density at radius 1 is 1.00 bits per heavy atom. The van der Waals surface area contributed by atoms with Gasteiger partial charge in [-0.05, 0) is 61.7 Å². The lowest BCUT2D eigenvalue weighted by molar-refractivity contribution is -0.119. The number of hydrogen-bond donors (Lipinski definition) is 0. The molecule has 33 heavy (non-hydrogen) atoms. The van der Waals surface area contributed by atoms with Gasteiger partial charge in [-0.25, -0.2) is 0 Å². The molecule has 0 N–H and O–H groups in total. The molecule has 0 saturated carbocycles. The summed E-state index contributed by atoms with van der Waals surface area (Å²) in [5.74, 6) is 0.671. The zero-order valence-corrected chi connectivity index (χ0v) is 19.4. The molecular weight excluding hydrogens is 412 g/mol. The highest BCUT2D eigenvalue weighted by Crippen LogP contribution is 2.43. The molecule has 0 fully saturated rings. The maximum absolute atomic E-state index is 13.9. The molecule has 3 aromatic rings. The van der Waals surface area contributed by atoms with E-state index in [2.05, 4.69) is 6.92 Å². The minimum absolute atomic E-state index is 0.0340. The highest BCUT2D eigenvalue weighted by atomic mass is 16.5. The lowest BCUT2D eigenvalue weighted by Gasteiger charge is -2.43. The third kappa shape index (κ3) is 4.49. The average Bonchev–Trinajstić information content (AvgIpc) is 2.85. The molecule has 1 aliphatic rings. The summed E-state index contributed by atoms with van der Waals surface area (Å²) in [4.78, 5) is 30.7. The van der Waals surface area contributed by atoms with Crippen molar-refractivity contribution in [2.24, 2.45) is 0 Å². The summed E-state index contributed by atoms with van der Waals surface area (Å²) in [7, 11) is 1.60. The first-order valence-corrected chi connectivity index (χ1v) is 11.5. The Hall–Kier alpha value is -3.60. The highest BCUT2D eigenvalue weighted by Gasteiger charge is 2.38. The third-order valence-corrected chi connectivity index (χ3v) is 6.17. The zero-order chi connectivity index (χ0) is 23.4. The number of methoxy groups -OCH3 is 1. The van der Waals surface area contributed by atoms with Crippen molar-refractivity contribution in [3.63, 3.8) is 0 Å². The Morgan fingerprint density at radius 3 is 2.45 bits per heavy atom. The van der Waals surface area contributed by atoms with Crippen LogP contribution in [-0.4, -0.2) is 25.0 Å². The maximum Gasteiger partial charge on any atom is 0.258 e. The van der Waals surface area contributed by atoms with E-state index < -0.39 is 0 Å². The standard InChI is InChI=1S/C28H30N2O3/c1-4-11-27(31)29-20(2)18-26(24-16-8-9-17-25(24)29)30(22-13-6-5-7-14-22)28(32)21-12-10-15-23(19-21)33-3/h5-10,12-17,19-20,26H,4,11,18H2,1-3H3/t20-,26+/m0/s1. The van der Waals surface area contributed by atoms with E-state index in [-0.39, 0.29) is 23.9 Å². The fourth-order valence-electron chi connectivity index (χ4n) is 4.66. The van der Waals surface area contributed by atoms with Crippen LogP contribution in [0.1, 0.15) is 55.1 Å². The molecule has 170 valence electrons. The van der Waals surface area contributed by atoms with Crippen molar-refractivity contribution >= 4 is 23.2 Å². The van der Waals surface area contributed by atoms with Gasteiger partial charge in [-0.15, -0.1) is 0 Å². The van der Waals surface area contributed by atoms with E-state index in [0.29, 0.717) is 24.2 Å². The number of amides is 2. The Bertz CT molecular complexity index is 1130. The molecule has 0 bridgehead atoms. The van der Waals surface area contributed by atoms with E-state index in [4.69, 9.17) is 4.74 Å². The van der Waals surface area contributed by atoms with Gasteiger partial charge in [-0.2, -0.15) is 0 Å². The van der Waals surface area contributed by atoms with Gasteiger partial charge in [0.05, 0.1) is 13.2 Å². The predicted octanol–water partition coefficient (Wildman–Crippen LogP) is 6.01. The van der Waals surface area contributed by atoms with Crippen molar-refractivity contribution in [2.45, 2.75) is 45.2 Å². The van der Waals surface area contributed by atoms with E-state index in [9.17, 15) is 9.59 Å². The smallest absolute Gasteiger partial charge is 0.258 e. The lowest BCUT2D eigenvalue weighted by atomic mass is 9.89. The zero-order valence-electron chi connectivity index (χ0n) is 19.4. The minimum Gasteiger partial charge on any atom is -0.497 e. The number of hydrogen-bond acceptors (Lipinski definition) is 3. The molecule has 1 aliphatic heterocycles. The quantitative estimate of drug-likeness (QED) is 0.470. The van der Waals surface area contributed by atoms with Crippen molar-refractivity contribution in [2.75, 3.05) is 16.9 Å². The molecule has 0 spiro atoms. The molecule has 1 heterocycles. The highest BCUT2D eigenvalue weighted by molar-refractivity contribution is 6.07. The summed E-state index contributed by atoms with van der Waals surface area (Å²) in [5, 5.41) is 0. The second-order valence-electron chi connectivity index (χ2n) is 8.42. The van der Waals surface area contributed by atoms with Crippen LogP contribution in [0.3, 0.4) is 0 Å². The number of benzene rings is 3. The van der Waals surface area contributed by atoms with Crippen LogP contribution in [0.4, 0.5) is 11.4 Å². The van der Waals surface area contributed by atoms with E-state index in [0.717, 1.165) is 23.4 Å². The summed E-state index contributed by atoms with van der Waals surface area (Å²) in [6, 6.07) is 24.7. The van der Waals surface area contributed by atoms with Gasteiger partial charge in [0, 0.05) is 29.4 Å². The number of carbonyl (C=O) groups excluding carboxylic acids is 2. The molecule has 4 rings (SSSR count). The molecule has 0 aromatic heterocycles. The number of rotatable bonds is 6. The van der Waals surface area contributed by atoms with Crippen LogP contribution in [0.15, 0.2) is 78.9 Å². The van der Waals surface area contributed by atoms with Gasteiger partial charge in [0.25, 0.3) is 5.91 Å². The van der Waals surface area contributed by atoms with Crippen LogP contribution in [0.25, 0.3) is 0 Å².